The fourth-order valence-electron chi connectivity index (χ4n) is 1.49. The number of hydrogen-bond donors (Lipinski definition) is 3. The Labute approximate surface area is 95.2 Å². The van der Waals surface area contributed by atoms with Crippen LogP contribution in [0.2, 0.25) is 0 Å². The van der Waals surface area contributed by atoms with E-state index in [2.05, 4.69) is 29.9 Å². The van der Waals surface area contributed by atoms with E-state index >= 15 is 0 Å². The maximum Gasteiger partial charge on any atom is 0.183 e. The van der Waals surface area contributed by atoms with Crippen molar-refractivity contribution in [1.29, 1.82) is 0 Å². The van der Waals surface area contributed by atoms with Crippen LogP contribution in [0.5, 0.6) is 0 Å². The minimum Gasteiger partial charge on any atom is -0.382 e. The zero-order chi connectivity index (χ0) is 11.8. The average Bonchev–Trinajstić information content (AvgIpc) is 2.75. The van der Waals surface area contributed by atoms with Gasteiger partial charge in [0.2, 0.25) is 0 Å². The number of nitrogens with two attached hydrogens (primary N) is 2. The summed E-state index contributed by atoms with van der Waals surface area (Å²) in [6.07, 6.45) is 4.39. The van der Waals surface area contributed by atoms with Crippen molar-refractivity contribution in [1.82, 2.24) is 29.9 Å². The Morgan fingerprint density at radius 2 is 1.76 bits per heavy atom. The molecular formula is C9H8N8. The Bertz CT molecular complexity index is 688. The predicted octanol–water partition coefficient (Wildman–Crippen LogP) is -0.0257. The molecule has 3 heterocycles. The first-order valence-electron chi connectivity index (χ1n) is 4.79. The summed E-state index contributed by atoms with van der Waals surface area (Å²) < 4.78 is 0. The van der Waals surface area contributed by atoms with Crippen molar-refractivity contribution in [2.24, 2.45) is 0 Å². The van der Waals surface area contributed by atoms with Crippen LogP contribution >= 0.6 is 0 Å². The highest BCUT2D eigenvalue weighted by Crippen LogP contribution is 2.22. The van der Waals surface area contributed by atoms with Crippen molar-refractivity contribution in [3.05, 3.63) is 18.7 Å². The standard InChI is InChI=1S/C9H8N8/c10-6-4(12-1-2-13-6)9-16-5-7(11)14-3-15-8(5)17-9/h1-3H,(H2,10,13)(H3,11,14,15,16,17). The van der Waals surface area contributed by atoms with Crippen molar-refractivity contribution in [2.75, 3.05) is 11.5 Å². The van der Waals surface area contributed by atoms with Crippen molar-refractivity contribution in [2.45, 2.75) is 0 Å². The molecule has 3 aromatic heterocycles. The summed E-state index contributed by atoms with van der Waals surface area (Å²) in [6, 6.07) is 0. The van der Waals surface area contributed by atoms with Crippen molar-refractivity contribution in [3.63, 3.8) is 0 Å². The Hall–Kier alpha value is -2.77. The van der Waals surface area contributed by atoms with Crippen LogP contribution in [0.4, 0.5) is 11.6 Å². The van der Waals surface area contributed by atoms with E-state index in [-0.39, 0.29) is 5.82 Å². The van der Waals surface area contributed by atoms with Crippen LogP contribution in [0.3, 0.4) is 0 Å². The van der Waals surface area contributed by atoms with Gasteiger partial charge in [-0.3, -0.25) is 0 Å². The van der Waals surface area contributed by atoms with E-state index in [9.17, 15) is 0 Å². The van der Waals surface area contributed by atoms with Crippen molar-refractivity contribution in [3.8, 4) is 11.5 Å². The van der Waals surface area contributed by atoms with E-state index in [1.54, 1.807) is 0 Å². The molecule has 8 heteroatoms. The molecule has 84 valence electrons. The number of aromatic amines is 1. The smallest absolute Gasteiger partial charge is 0.183 e. The topological polar surface area (TPSA) is 132 Å². The summed E-state index contributed by atoms with van der Waals surface area (Å²) in [5.74, 6) is 1.09. The molecule has 0 aliphatic carbocycles. The summed E-state index contributed by atoms with van der Waals surface area (Å²) >= 11 is 0. The number of fused-ring (bicyclic) bond motifs is 1. The molecule has 0 radical (unpaired) electrons. The first kappa shape index (κ1) is 9.46. The third-order valence-corrected chi connectivity index (χ3v) is 2.27. The molecule has 0 aliphatic heterocycles. The molecule has 3 aromatic rings. The van der Waals surface area contributed by atoms with E-state index in [4.69, 9.17) is 11.5 Å². The molecular weight excluding hydrogens is 220 g/mol. The highest BCUT2D eigenvalue weighted by molar-refractivity contribution is 5.84. The van der Waals surface area contributed by atoms with Crippen LogP contribution in [0.25, 0.3) is 22.7 Å². The number of imidazole rings is 1. The van der Waals surface area contributed by atoms with Crippen LogP contribution in [0, 0.1) is 0 Å². The van der Waals surface area contributed by atoms with Crippen molar-refractivity contribution >= 4 is 22.8 Å². The zero-order valence-corrected chi connectivity index (χ0v) is 8.62. The van der Waals surface area contributed by atoms with Gasteiger partial charge in [0.15, 0.2) is 23.1 Å². The molecule has 0 spiro atoms. The van der Waals surface area contributed by atoms with E-state index in [1.165, 1.54) is 18.7 Å². The molecule has 8 nitrogen and oxygen atoms in total. The summed E-state index contributed by atoms with van der Waals surface area (Å²) in [5.41, 5.74) is 12.9. The van der Waals surface area contributed by atoms with E-state index in [0.29, 0.717) is 28.5 Å². The summed E-state index contributed by atoms with van der Waals surface area (Å²) in [6.45, 7) is 0. The molecule has 0 atom stereocenters. The summed E-state index contributed by atoms with van der Waals surface area (Å²) in [4.78, 5) is 23.1. The summed E-state index contributed by atoms with van der Waals surface area (Å²) in [7, 11) is 0. The summed E-state index contributed by atoms with van der Waals surface area (Å²) in [5, 5.41) is 0. The third kappa shape index (κ3) is 1.42. The Balaban J connectivity index is 2.26. The van der Waals surface area contributed by atoms with Gasteiger partial charge in [0, 0.05) is 12.4 Å². The van der Waals surface area contributed by atoms with E-state index < -0.39 is 0 Å². The second-order valence-corrected chi connectivity index (χ2v) is 3.33. The van der Waals surface area contributed by atoms with E-state index in [1.807, 2.05) is 0 Å². The number of rotatable bonds is 1. The van der Waals surface area contributed by atoms with Crippen LogP contribution in [0.1, 0.15) is 0 Å². The molecule has 0 unspecified atom stereocenters. The zero-order valence-electron chi connectivity index (χ0n) is 8.62. The van der Waals surface area contributed by atoms with Gasteiger partial charge >= 0.3 is 0 Å². The maximum atomic E-state index is 5.71. The van der Waals surface area contributed by atoms with Gasteiger partial charge in [-0.2, -0.15) is 0 Å². The second kappa shape index (κ2) is 3.37. The lowest BCUT2D eigenvalue weighted by atomic mass is 10.4. The fraction of sp³-hybridized carbons (Fsp3) is 0. The van der Waals surface area contributed by atoms with Crippen LogP contribution in [-0.2, 0) is 0 Å². The molecule has 0 aromatic carbocycles. The quantitative estimate of drug-likeness (QED) is 0.532. The Morgan fingerprint density at radius 3 is 2.53 bits per heavy atom. The predicted molar refractivity (Wildman–Crippen MR) is 61.5 cm³/mol. The lowest BCUT2D eigenvalue weighted by Gasteiger charge is -1.97. The molecule has 0 fully saturated rings. The maximum absolute atomic E-state index is 5.71. The van der Waals surface area contributed by atoms with Crippen LogP contribution in [0.15, 0.2) is 18.7 Å². The molecule has 3 rings (SSSR count). The molecule has 5 N–H and O–H groups in total. The van der Waals surface area contributed by atoms with Crippen LogP contribution < -0.4 is 11.5 Å². The number of hydrogen-bond acceptors (Lipinski definition) is 7. The van der Waals surface area contributed by atoms with Gasteiger partial charge in [0.1, 0.15) is 17.5 Å². The molecule has 0 saturated carbocycles. The number of anilines is 2. The van der Waals surface area contributed by atoms with Gasteiger partial charge in [-0.15, -0.1) is 0 Å². The minimum absolute atomic E-state index is 0.290. The molecule has 0 saturated heterocycles. The molecule has 0 amide bonds. The molecule has 17 heavy (non-hydrogen) atoms. The van der Waals surface area contributed by atoms with Crippen molar-refractivity contribution < 1.29 is 0 Å². The first-order valence-corrected chi connectivity index (χ1v) is 4.79. The number of nitrogen functional groups attached to an aromatic ring is 2. The van der Waals surface area contributed by atoms with Crippen LogP contribution in [-0.4, -0.2) is 29.9 Å². The minimum atomic E-state index is 0.290. The second-order valence-electron chi connectivity index (χ2n) is 3.33. The first-order chi connectivity index (χ1) is 8.25. The number of H-pyrrole nitrogens is 1. The Kier molecular flexibility index (Phi) is 1.87. The Morgan fingerprint density at radius 1 is 0.941 bits per heavy atom. The van der Waals surface area contributed by atoms with Gasteiger partial charge in [-0.1, -0.05) is 0 Å². The van der Waals surface area contributed by atoms with E-state index in [0.717, 1.165) is 0 Å². The average molecular weight is 228 g/mol. The SMILES string of the molecule is Nc1nccnc1-c1nc2ncnc(N)c2[nH]1. The highest BCUT2D eigenvalue weighted by atomic mass is 15.1. The normalized spacial score (nSPS) is 10.8. The molecule has 0 bridgehead atoms. The molecule has 0 aliphatic rings. The lowest BCUT2D eigenvalue weighted by Crippen LogP contribution is -1.97. The van der Waals surface area contributed by atoms with Gasteiger partial charge in [0.25, 0.3) is 0 Å². The monoisotopic (exact) mass is 228 g/mol. The van der Waals surface area contributed by atoms with Gasteiger partial charge in [-0.05, 0) is 0 Å². The third-order valence-electron chi connectivity index (χ3n) is 2.27. The van der Waals surface area contributed by atoms with Gasteiger partial charge < -0.3 is 16.5 Å². The number of nitrogens with zero attached hydrogens (tertiary/aromatic N) is 5. The fourth-order valence-corrected chi connectivity index (χ4v) is 1.49. The number of nitrogens with one attached hydrogen (secondary N) is 1. The number of aromatic nitrogens is 6. The largest absolute Gasteiger partial charge is 0.382 e. The van der Waals surface area contributed by atoms with Gasteiger partial charge in [0.05, 0.1) is 0 Å². The highest BCUT2D eigenvalue weighted by Gasteiger charge is 2.12. The lowest BCUT2D eigenvalue weighted by molar-refractivity contribution is 1.17. The van der Waals surface area contributed by atoms with Gasteiger partial charge in [-0.25, -0.2) is 24.9 Å².